The summed E-state index contributed by atoms with van der Waals surface area (Å²) in [5, 5.41) is 10.5. The Kier molecular flexibility index (Phi) is 6.05. The monoisotopic (exact) mass is 346 g/mol. The second-order valence-corrected chi connectivity index (χ2v) is 6.20. The number of nitrogens with zero attached hydrogens (tertiary/aromatic N) is 3. The van der Waals surface area contributed by atoms with Gasteiger partial charge in [0, 0.05) is 12.8 Å². The first-order chi connectivity index (χ1) is 11.4. The van der Waals surface area contributed by atoms with Crippen molar-refractivity contribution in [3.8, 4) is 11.6 Å². The molecule has 0 amide bonds. The lowest BCUT2D eigenvalue weighted by molar-refractivity contribution is 0.403. The third kappa shape index (κ3) is 4.18. The minimum atomic E-state index is -0.446. The molecule has 0 saturated heterocycles. The molecule has 1 aromatic carbocycles. The van der Waals surface area contributed by atoms with E-state index in [1.165, 1.54) is 10.8 Å². The van der Waals surface area contributed by atoms with Gasteiger partial charge in [0.05, 0.1) is 5.69 Å². The summed E-state index contributed by atoms with van der Waals surface area (Å²) in [5.74, 6) is -0.200. The van der Waals surface area contributed by atoms with Crippen LogP contribution < -0.4 is 5.56 Å². The summed E-state index contributed by atoms with van der Waals surface area (Å²) < 4.78 is 1.60. The van der Waals surface area contributed by atoms with Crippen LogP contribution >= 0.6 is 12.2 Å². The van der Waals surface area contributed by atoms with Crippen LogP contribution in [0.2, 0.25) is 0 Å². The minimum Gasteiger partial charge on any atom is -0.494 e. The van der Waals surface area contributed by atoms with Crippen LogP contribution in [0, 0.1) is 11.7 Å². The van der Waals surface area contributed by atoms with Crippen molar-refractivity contribution in [3.05, 3.63) is 50.5 Å². The molecule has 0 saturated carbocycles. The Labute approximate surface area is 146 Å². The number of aliphatic imine (C=N–C) groups is 1. The molecule has 0 fully saturated rings. The molecule has 0 aliphatic rings. The van der Waals surface area contributed by atoms with Gasteiger partial charge in [-0.2, -0.15) is 0 Å². The molecule has 128 valence electrons. The van der Waals surface area contributed by atoms with Gasteiger partial charge in [-0.3, -0.25) is 19.3 Å². The maximum atomic E-state index is 12.1. The zero-order chi connectivity index (χ0) is 17.7. The standard InChI is InChI=1S/C17H22N4O2S/c1-12-7-4-5-8-14(12)21-16(23)13(15(22)19-17(21)24)11-18-9-6-10-20(2)3/h4-5,7-8,11,23H,6,9-10H2,1-3H3,(H,19,22,24). The van der Waals surface area contributed by atoms with Crippen molar-refractivity contribution in [1.82, 2.24) is 14.5 Å². The van der Waals surface area contributed by atoms with Gasteiger partial charge in [-0.15, -0.1) is 0 Å². The first-order valence-electron chi connectivity index (χ1n) is 7.70. The van der Waals surface area contributed by atoms with E-state index in [9.17, 15) is 9.90 Å². The van der Waals surface area contributed by atoms with Crippen molar-refractivity contribution in [3.63, 3.8) is 0 Å². The molecule has 0 aliphatic heterocycles. The zero-order valence-corrected chi connectivity index (χ0v) is 14.9. The molecule has 2 rings (SSSR count). The first-order valence-corrected chi connectivity index (χ1v) is 8.11. The Balaban J connectivity index is 2.39. The molecule has 0 bridgehead atoms. The van der Waals surface area contributed by atoms with Crippen LogP contribution in [0.15, 0.2) is 34.1 Å². The van der Waals surface area contributed by atoms with Gasteiger partial charge in [-0.25, -0.2) is 0 Å². The number of para-hydroxylation sites is 1. The van der Waals surface area contributed by atoms with Gasteiger partial charge in [0.2, 0.25) is 5.88 Å². The average Bonchev–Trinajstić information content (AvgIpc) is 2.51. The van der Waals surface area contributed by atoms with Crippen molar-refractivity contribution in [2.24, 2.45) is 4.99 Å². The molecule has 0 atom stereocenters. The molecule has 2 N–H and O–H groups in total. The van der Waals surface area contributed by atoms with Crippen LogP contribution in [-0.4, -0.2) is 53.0 Å². The Bertz CT molecular complexity index is 852. The Hall–Kier alpha value is -2.25. The molecule has 1 heterocycles. The molecule has 0 radical (unpaired) electrons. The number of benzene rings is 1. The maximum Gasteiger partial charge on any atom is 0.264 e. The number of aromatic amines is 1. The maximum absolute atomic E-state index is 12.1. The lowest BCUT2D eigenvalue weighted by Gasteiger charge is -2.13. The van der Waals surface area contributed by atoms with Gasteiger partial charge in [-0.05, 0) is 57.8 Å². The molecule has 7 heteroatoms. The first kappa shape index (κ1) is 18.1. The van der Waals surface area contributed by atoms with Gasteiger partial charge in [0.15, 0.2) is 4.77 Å². The van der Waals surface area contributed by atoms with E-state index in [0.29, 0.717) is 6.54 Å². The van der Waals surface area contributed by atoms with Crippen molar-refractivity contribution in [1.29, 1.82) is 0 Å². The summed E-state index contributed by atoms with van der Waals surface area (Å²) in [4.78, 5) is 21.0. The van der Waals surface area contributed by atoms with Crippen LogP contribution in [0.3, 0.4) is 0 Å². The van der Waals surface area contributed by atoms with E-state index in [0.717, 1.165) is 24.2 Å². The third-order valence-corrected chi connectivity index (χ3v) is 3.87. The second kappa shape index (κ2) is 8.03. The fourth-order valence-electron chi connectivity index (χ4n) is 2.33. The van der Waals surface area contributed by atoms with Gasteiger partial charge < -0.3 is 10.0 Å². The molecular weight excluding hydrogens is 324 g/mol. The van der Waals surface area contributed by atoms with Crippen molar-refractivity contribution < 1.29 is 5.11 Å². The molecule has 6 nitrogen and oxygen atoms in total. The molecule has 24 heavy (non-hydrogen) atoms. The van der Waals surface area contributed by atoms with Crippen LogP contribution in [0.4, 0.5) is 0 Å². The van der Waals surface area contributed by atoms with E-state index in [-0.39, 0.29) is 16.2 Å². The number of H-pyrrole nitrogens is 1. The molecule has 1 aromatic heterocycles. The van der Waals surface area contributed by atoms with Crippen molar-refractivity contribution in [2.45, 2.75) is 13.3 Å². The SMILES string of the molecule is Cc1ccccc1-n1c(O)c(C=NCCCN(C)C)c(=O)[nH]c1=S. The van der Waals surface area contributed by atoms with E-state index in [1.54, 1.807) is 0 Å². The Morgan fingerprint density at radius 3 is 2.75 bits per heavy atom. The molecule has 0 spiro atoms. The largest absolute Gasteiger partial charge is 0.494 e. The normalized spacial score (nSPS) is 11.5. The highest BCUT2D eigenvalue weighted by atomic mass is 32.1. The Morgan fingerprint density at radius 2 is 2.08 bits per heavy atom. The van der Waals surface area contributed by atoms with Crippen molar-refractivity contribution >= 4 is 18.4 Å². The summed E-state index contributed by atoms with van der Waals surface area (Å²) in [6.07, 6.45) is 2.28. The highest BCUT2D eigenvalue weighted by molar-refractivity contribution is 7.71. The predicted molar refractivity (Wildman–Crippen MR) is 99.3 cm³/mol. The fraction of sp³-hybridized carbons (Fsp3) is 0.353. The summed E-state index contributed by atoms with van der Waals surface area (Å²) in [6, 6.07) is 7.50. The number of aromatic nitrogens is 2. The van der Waals surface area contributed by atoms with Gasteiger partial charge in [-0.1, -0.05) is 18.2 Å². The smallest absolute Gasteiger partial charge is 0.264 e. The number of rotatable bonds is 6. The molecule has 2 aromatic rings. The van der Waals surface area contributed by atoms with Gasteiger partial charge in [0.25, 0.3) is 5.56 Å². The second-order valence-electron chi connectivity index (χ2n) is 5.81. The van der Waals surface area contributed by atoms with E-state index >= 15 is 0 Å². The molecular formula is C17H22N4O2S. The molecule has 0 unspecified atom stereocenters. The summed E-state index contributed by atoms with van der Waals surface area (Å²) >= 11 is 5.21. The highest BCUT2D eigenvalue weighted by Crippen LogP contribution is 2.21. The van der Waals surface area contributed by atoms with Gasteiger partial charge in [0.1, 0.15) is 5.56 Å². The summed E-state index contributed by atoms with van der Waals surface area (Å²) in [7, 11) is 3.99. The molecule has 0 aliphatic carbocycles. The number of nitrogens with one attached hydrogen (secondary N) is 1. The van der Waals surface area contributed by atoms with E-state index in [1.807, 2.05) is 45.3 Å². The average molecular weight is 346 g/mol. The quantitative estimate of drug-likeness (QED) is 0.478. The fourth-order valence-corrected chi connectivity index (χ4v) is 2.60. The van der Waals surface area contributed by atoms with Crippen LogP contribution in [0.1, 0.15) is 17.5 Å². The predicted octanol–water partition coefficient (Wildman–Crippen LogP) is 2.28. The lowest BCUT2D eigenvalue weighted by atomic mass is 10.2. The lowest BCUT2D eigenvalue weighted by Crippen LogP contribution is -2.18. The summed E-state index contributed by atoms with van der Waals surface area (Å²) in [6.45, 7) is 3.40. The number of aryl methyl sites for hydroxylation is 1. The van der Waals surface area contributed by atoms with Crippen LogP contribution in [0.5, 0.6) is 5.88 Å². The Morgan fingerprint density at radius 1 is 1.38 bits per heavy atom. The highest BCUT2D eigenvalue weighted by Gasteiger charge is 2.13. The summed E-state index contributed by atoms with van der Waals surface area (Å²) in [5.41, 5.74) is 1.32. The third-order valence-electron chi connectivity index (χ3n) is 3.59. The van der Waals surface area contributed by atoms with E-state index in [4.69, 9.17) is 12.2 Å². The van der Waals surface area contributed by atoms with Crippen molar-refractivity contribution in [2.75, 3.05) is 27.2 Å². The number of aromatic hydroxyl groups is 1. The topological polar surface area (TPSA) is 73.6 Å². The number of hydrogen-bond donors (Lipinski definition) is 2. The van der Waals surface area contributed by atoms with Gasteiger partial charge >= 0.3 is 0 Å². The zero-order valence-electron chi connectivity index (χ0n) is 14.1. The number of hydrogen-bond acceptors (Lipinski definition) is 5. The minimum absolute atomic E-state index is 0.108. The van der Waals surface area contributed by atoms with Crippen LogP contribution in [0.25, 0.3) is 5.69 Å². The van der Waals surface area contributed by atoms with Crippen LogP contribution in [-0.2, 0) is 0 Å². The van der Waals surface area contributed by atoms with E-state index < -0.39 is 5.56 Å². The van der Waals surface area contributed by atoms with E-state index in [2.05, 4.69) is 14.9 Å².